The molecule has 0 aromatic carbocycles. The highest BCUT2D eigenvalue weighted by molar-refractivity contribution is 7.88. The molecule has 1 aromatic rings. The summed E-state index contributed by atoms with van der Waals surface area (Å²) in [4.78, 5) is 29.0. The maximum absolute atomic E-state index is 12.6. The summed E-state index contributed by atoms with van der Waals surface area (Å²) in [6, 6.07) is 1.74. The van der Waals surface area contributed by atoms with E-state index in [2.05, 4.69) is 4.98 Å². The third kappa shape index (κ3) is 5.21. The van der Waals surface area contributed by atoms with Crippen molar-refractivity contribution in [2.75, 3.05) is 39.0 Å². The van der Waals surface area contributed by atoms with Crippen molar-refractivity contribution in [3.05, 3.63) is 29.6 Å². The van der Waals surface area contributed by atoms with Crippen LogP contribution in [0.4, 0.5) is 0 Å². The van der Waals surface area contributed by atoms with Crippen LogP contribution in [0.2, 0.25) is 0 Å². The number of rotatable bonds is 6. The van der Waals surface area contributed by atoms with E-state index >= 15 is 0 Å². The average molecular weight is 371 g/mol. The number of hydrogen-bond donors (Lipinski definition) is 1. The number of carboxylic acid groups (broad SMARTS) is 1. The van der Waals surface area contributed by atoms with Crippen LogP contribution in [0.25, 0.3) is 0 Å². The molecular weight excluding hydrogens is 350 g/mol. The summed E-state index contributed by atoms with van der Waals surface area (Å²) in [5.41, 5.74) is 1.28. The number of amides is 1. The first-order valence-electron chi connectivity index (χ1n) is 7.67. The molecule has 10 heteroatoms. The van der Waals surface area contributed by atoms with Crippen LogP contribution in [0.15, 0.2) is 18.5 Å². The highest BCUT2D eigenvalue weighted by Gasteiger charge is 2.30. The summed E-state index contributed by atoms with van der Waals surface area (Å²) >= 11 is 0. The van der Waals surface area contributed by atoms with Gasteiger partial charge in [-0.1, -0.05) is 0 Å². The quantitative estimate of drug-likeness (QED) is 0.721. The summed E-state index contributed by atoms with van der Waals surface area (Å²) in [7, 11) is -3.70. The Balaban J connectivity index is 2.08. The van der Waals surface area contributed by atoms with E-state index in [1.54, 1.807) is 17.2 Å². The molecular formula is C15H21N3O6S. The Kier molecular flexibility index (Phi) is 6.09. The topological polar surface area (TPSA) is 117 Å². The number of aliphatic carboxylic acids is 1. The average Bonchev–Trinajstić information content (AvgIpc) is 2.53. The van der Waals surface area contributed by atoms with Gasteiger partial charge in [0.2, 0.25) is 10.0 Å². The van der Waals surface area contributed by atoms with Crippen molar-refractivity contribution in [2.24, 2.45) is 0 Å². The van der Waals surface area contributed by atoms with E-state index < -0.39 is 28.6 Å². The number of morpholine rings is 1. The summed E-state index contributed by atoms with van der Waals surface area (Å²) in [5.74, 6) is -1.46. The van der Waals surface area contributed by atoms with Gasteiger partial charge in [-0.05, 0) is 18.6 Å². The van der Waals surface area contributed by atoms with Crippen molar-refractivity contribution in [3.8, 4) is 0 Å². The van der Waals surface area contributed by atoms with Gasteiger partial charge in [0.1, 0.15) is 6.54 Å². The van der Waals surface area contributed by atoms with Gasteiger partial charge in [-0.25, -0.2) is 8.42 Å². The van der Waals surface area contributed by atoms with Crippen LogP contribution in [0.1, 0.15) is 15.9 Å². The summed E-state index contributed by atoms with van der Waals surface area (Å²) in [6.07, 6.45) is 3.45. The van der Waals surface area contributed by atoms with Crippen molar-refractivity contribution in [1.82, 2.24) is 14.2 Å². The summed E-state index contributed by atoms with van der Waals surface area (Å²) in [5, 5.41) is 8.88. The van der Waals surface area contributed by atoms with Gasteiger partial charge < -0.3 is 14.7 Å². The second-order valence-electron chi connectivity index (χ2n) is 5.88. The Morgan fingerprint density at radius 3 is 2.80 bits per heavy atom. The van der Waals surface area contributed by atoms with Crippen molar-refractivity contribution in [1.29, 1.82) is 0 Å². The predicted octanol–water partition coefficient (Wildman–Crippen LogP) is -0.423. The van der Waals surface area contributed by atoms with Crippen LogP contribution in [-0.4, -0.2) is 84.7 Å². The summed E-state index contributed by atoms with van der Waals surface area (Å²) < 4.78 is 29.8. The molecule has 0 radical (unpaired) electrons. The molecule has 0 bridgehead atoms. The van der Waals surface area contributed by atoms with Gasteiger partial charge in [-0.15, -0.1) is 0 Å². The van der Waals surface area contributed by atoms with E-state index in [0.29, 0.717) is 12.1 Å². The monoisotopic (exact) mass is 371 g/mol. The van der Waals surface area contributed by atoms with Crippen molar-refractivity contribution in [2.45, 2.75) is 13.0 Å². The lowest BCUT2D eigenvalue weighted by atomic mass is 10.1. The van der Waals surface area contributed by atoms with Crippen LogP contribution in [0.5, 0.6) is 0 Å². The van der Waals surface area contributed by atoms with Crippen LogP contribution in [0, 0.1) is 6.92 Å². The third-order valence-electron chi connectivity index (χ3n) is 3.88. The minimum atomic E-state index is -3.70. The Labute approximate surface area is 146 Å². The number of sulfonamides is 1. The molecule has 0 spiro atoms. The zero-order chi connectivity index (χ0) is 18.6. The van der Waals surface area contributed by atoms with Gasteiger partial charge >= 0.3 is 5.97 Å². The number of pyridine rings is 1. The largest absolute Gasteiger partial charge is 0.480 e. The Morgan fingerprint density at radius 2 is 2.20 bits per heavy atom. The van der Waals surface area contributed by atoms with Crippen molar-refractivity contribution < 1.29 is 27.9 Å². The fraction of sp³-hybridized carbons (Fsp3) is 0.533. The smallest absolute Gasteiger partial charge is 0.318 e. The lowest BCUT2D eigenvalue weighted by molar-refractivity contribution is -0.137. The molecule has 1 aromatic heterocycles. The fourth-order valence-electron chi connectivity index (χ4n) is 2.57. The molecule has 1 amide bonds. The fourth-order valence-corrected chi connectivity index (χ4v) is 3.35. The molecule has 138 valence electrons. The van der Waals surface area contributed by atoms with Crippen LogP contribution in [0.3, 0.4) is 0 Å². The lowest BCUT2D eigenvalue weighted by Crippen LogP contribution is -2.51. The molecule has 1 atom stereocenters. The number of aryl methyl sites for hydroxylation is 1. The lowest BCUT2D eigenvalue weighted by Gasteiger charge is -2.35. The van der Waals surface area contributed by atoms with Gasteiger partial charge in [-0.3, -0.25) is 14.6 Å². The molecule has 1 aliphatic heterocycles. The molecule has 0 aliphatic carbocycles. The first-order chi connectivity index (χ1) is 11.7. The number of carbonyl (C=O) groups excluding carboxylic acids is 1. The van der Waals surface area contributed by atoms with E-state index in [4.69, 9.17) is 9.84 Å². The summed E-state index contributed by atoms with van der Waals surface area (Å²) in [6.45, 7) is 1.85. The zero-order valence-corrected chi connectivity index (χ0v) is 14.9. The Hall–Kier alpha value is -2.04. The molecule has 1 N–H and O–H groups in total. The molecule has 25 heavy (non-hydrogen) atoms. The van der Waals surface area contributed by atoms with Crippen LogP contribution < -0.4 is 0 Å². The van der Waals surface area contributed by atoms with Gasteiger partial charge in [0.05, 0.1) is 24.5 Å². The number of nitrogens with zero attached hydrogens (tertiary/aromatic N) is 3. The van der Waals surface area contributed by atoms with E-state index in [1.165, 1.54) is 6.20 Å². The van der Waals surface area contributed by atoms with Gasteiger partial charge in [0.15, 0.2) is 0 Å². The number of carbonyl (C=O) groups is 2. The minimum Gasteiger partial charge on any atom is -0.480 e. The molecule has 9 nitrogen and oxygen atoms in total. The number of carboxylic acids is 1. The molecule has 2 rings (SSSR count). The molecule has 1 saturated heterocycles. The molecule has 1 fully saturated rings. The number of aromatic nitrogens is 1. The zero-order valence-electron chi connectivity index (χ0n) is 14.1. The highest BCUT2D eigenvalue weighted by atomic mass is 32.2. The highest BCUT2D eigenvalue weighted by Crippen LogP contribution is 2.14. The van der Waals surface area contributed by atoms with Crippen molar-refractivity contribution >= 4 is 21.9 Å². The predicted molar refractivity (Wildman–Crippen MR) is 88.7 cm³/mol. The number of hydrogen-bond acceptors (Lipinski definition) is 6. The molecule has 1 aliphatic rings. The molecule has 1 unspecified atom stereocenters. The Morgan fingerprint density at radius 1 is 1.48 bits per heavy atom. The first kappa shape index (κ1) is 19.3. The first-order valence-corrected chi connectivity index (χ1v) is 9.51. The number of ether oxygens (including phenoxy) is 1. The standard InChI is InChI=1S/C15H21N3O6S/c1-11-3-4-16-7-13(11)15(21)17-5-6-24-12(8-17)9-18(10-14(19)20)25(2,22)23/h3-4,7,12H,5-6,8-10H2,1-2H3,(H,19,20). The second kappa shape index (κ2) is 7.89. The minimum absolute atomic E-state index is 0.124. The van der Waals surface area contributed by atoms with Crippen molar-refractivity contribution in [3.63, 3.8) is 0 Å². The van der Waals surface area contributed by atoms with E-state index in [0.717, 1.165) is 16.1 Å². The maximum Gasteiger partial charge on any atom is 0.318 e. The second-order valence-corrected chi connectivity index (χ2v) is 7.87. The van der Waals surface area contributed by atoms with Gasteiger partial charge in [0.25, 0.3) is 5.91 Å². The van der Waals surface area contributed by atoms with E-state index in [9.17, 15) is 18.0 Å². The Bertz CT molecular complexity index is 751. The molecule has 0 saturated carbocycles. The van der Waals surface area contributed by atoms with Gasteiger partial charge in [0, 0.05) is 32.0 Å². The van der Waals surface area contributed by atoms with Gasteiger partial charge in [-0.2, -0.15) is 4.31 Å². The van der Waals surface area contributed by atoms with E-state index in [-0.39, 0.29) is 25.6 Å². The normalized spacial score (nSPS) is 18.4. The third-order valence-corrected chi connectivity index (χ3v) is 5.10. The van der Waals surface area contributed by atoms with Crippen LogP contribution in [-0.2, 0) is 19.6 Å². The maximum atomic E-state index is 12.6. The SMILES string of the molecule is Cc1ccncc1C(=O)N1CCOC(CN(CC(=O)O)S(C)(=O)=O)C1. The molecule has 2 heterocycles. The van der Waals surface area contributed by atoms with Crippen LogP contribution >= 0.6 is 0 Å². The van der Waals surface area contributed by atoms with E-state index in [1.807, 2.05) is 6.92 Å².